The lowest BCUT2D eigenvalue weighted by atomic mass is 9.86. The predicted molar refractivity (Wildman–Crippen MR) is 81.3 cm³/mol. The summed E-state index contributed by atoms with van der Waals surface area (Å²) in [5, 5.41) is 0. The summed E-state index contributed by atoms with van der Waals surface area (Å²) in [4.78, 5) is 12.0. The van der Waals surface area contributed by atoms with Crippen molar-refractivity contribution in [1.82, 2.24) is 0 Å². The Morgan fingerprint density at radius 1 is 1.00 bits per heavy atom. The van der Waals surface area contributed by atoms with E-state index in [0.717, 1.165) is 5.56 Å². The Balaban J connectivity index is 2.76. The Morgan fingerprint density at radius 2 is 1.53 bits per heavy atom. The van der Waals surface area contributed by atoms with Crippen LogP contribution >= 0.6 is 0 Å². The fourth-order valence-electron chi connectivity index (χ4n) is 1.65. The minimum atomic E-state index is -0.0453. The van der Waals surface area contributed by atoms with Crippen molar-refractivity contribution in [3.63, 3.8) is 0 Å². The molecule has 0 heterocycles. The number of rotatable bonds is 2. The van der Waals surface area contributed by atoms with E-state index in [1.54, 1.807) is 0 Å². The van der Waals surface area contributed by atoms with Gasteiger partial charge in [0.1, 0.15) is 0 Å². The largest absolute Gasteiger partial charge is 0.293 e. The highest BCUT2D eigenvalue weighted by Crippen LogP contribution is 2.22. The van der Waals surface area contributed by atoms with Crippen molar-refractivity contribution in [3.8, 4) is 11.8 Å². The van der Waals surface area contributed by atoms with E-state index in [-0.39, 0.29) is 16.6 Å². The van der Waals surface area contributed by atoms with Crippen LogP contribution in [-0.4, -0.2) is 5.78 Å². The molecular formula is C18H24O. The Hall–Kier alpha value is -1.55. The van der Waals surface area contributed by atoms with Gasteiger partial charge in [-0.2, -0.15) is 0 Å². The van der Waals surface area contributed by atoms with Gasteiger partial charge in [0.05, 0.1) is 6.42 Å². The van der Waals surface area contributed by atoms with E-state index in [0.29, 0.717) is 6.42 Å². The summed E-state index contributed by atoms with van der Waals surface area (Å²) in [6, 6.07) is 7.87. The van der Waals surface area contributed by atoms with E-state index in [1.807, 2.05) is 45.0 Å². The molecule has 1 aromatic carbocycles. The lowest BCUT2D eigenvalue weighted by Crippen LogP contribution is -2.11. The molecule has 1 nitrogen and oxygen atoms in total. The lowest BCUT2D eigenvalue weighted by Gasteiger charge is -2.18. The summed E-state index contributed by atoms with van der Waals surface area (Å²) in [5.74, 6) is 6.15. The summed E-state index contributed by atoms with van der Waals surface area (Å²) in [6.07, 6.45) is 0.298. The second kappa shape index (κ2) is 5.61. The van der Waals surface area contributed by atoms with Crippen LogP contribution in [0.3, 0.4) is 0 Å². The van der Waals surface area contributed by atoms with Gasteiger partial charge in [0.25, 0.3) is 0 Å². The number of benzene rings is 1. The Morgan fingerprint density at radius 3 is 1.95 bits per heavy atom. The van der Waals surface area contributed by atoms with Crippen molar-refractivity contribution in [1.29, 1.82) is 0 Å². The maximum absolute atomic E-state index is 12.0. The van der Waals surface area contributed by atoms with Crippen molar-refractivity contribution >= 4 is 5.78 Å². The first kappa shape index (κ1) is 15.5. The maximum Gasteiger partial charge on any atom is 0.174 e. The normalized spacial score (nSPS) is 11.7. The van der Waals surface area contributed by atoms with Gasteiger partial charge in [0.2, 0.25) is 0 Å². The monoisotopic (exact) mass is 256 g/mol. The molecule has 0 N–H and O–H groups in total. The summed E-state index contributed by atoms with van der Waals surface area (Å²) < 4.78 is 0. The van der Waals surface area contributed by atoms with Crippen LogP contribution in [0.4, 0.5) is 0 Å². The molecule has 0 aliphatic heterocycles. The molecule has 0 amide bonds. The Labute approximate surface area is 117 Å². The third kappa shape index (κ3) is 5.30. The van der Waals surface area contributed by atoms with Gasteiger partial charge < -0.3 is 0 Å². The number of ketones is 1. The third-order valence-corrected chi connectivity index (χ3v) is 2.79. The lowest BCUT2D eigenvalue weighted by molar-refractivity contribution is 0.0998. The molecule has 0 atom stereocenters. The van der Waals surface area contributed by atoms with Crippen molar-refractivity contribution in [2.45, 2.75) is 53.4 Å². The van der Waals surface area contributed by atoms with E-state index in [1.165, 1.54) is 5.56 Å². The molecule has 0 aliphatic carbocycles. The van der Waals surface area contributed by atoms with Gasteiger partial charge in [-0.3, -0.25) is 4.79 Å². The molecule has 0 radical (unpaired) electrons. The van der Waals surface area contributed by atoms with Gasteiger partial charge in [-0.15, -0.1) is 0 Å². The molecule has 0 bridgehead atoms. The second-order valence-corrected chi connectivity index (χ2v) is 6.98. The molecule has 102 valence electrons. The fourth-order valence-corrected chi connectivity index (χ4v) is 1.65. The highest BCUT2D eigenvalue weighted by Gasteiger charge is 2.14. The van der Waals surface area contributed by atoms with Gasteiger partial charge >= 0.3 is 0 Å². The van der Waals surface area contributed by atoms with E-state index in [9.17, 15) is 4.79 Å². The predicted octanol–water partition coefficient (Wildman–Crippen LogP) is 4.61. The summed E-state index contributed by atoms with van der Waals surface area (Å²) >= 11 is 0. The molecule has 1 rings (SSSR count). The van der Waals surface area contributed by atoms with Crippen LogP contribution in [0.5, 0.6) is 0 Å². The van der Waals surface area contributed by atoms with Crippen molar-refractivity contribution < 1.29 is 4.79 Å². The molecule has 0 spiro atoms. The average molecular weight is 256 g/mol. The van der Waals surface area contributed by atoms with Gasteiger partial charge in [-0.1, -0.05) is 56.9 Å². The van der Waals surface area contributed by atoms with E-state index >= 15 is 0 Å². The quantitative estimate of drug-likeness (QED) is 0.558. The summed E-state index contributed by atoms with van der Waals surface area (Å²) in [6.45, 7) is 12.6. The highest BCUT2D eigenvalue weighted by atomic mass is 16.1. The molecular weight excluding hydrogens is 232 g/mol. The second-order valence-electron chi connectivity index (χ2n) is 6.98. The zero-order valence-electron chi connectivity index (χ0n) is 12.9. The van der Waals surface area contributed by atoms with Crippen LogP contribution in [0.1, 0.15) is 63.9 Å². The minimum absolute atomic E-state index is 0.0453. The summed E-state index contributed by atoms with van der Waals surface area (Å²) in [7, 11) is 0. The van der Waals surface area contributed by atoms with Crippen LogP contribution in [0.25, 0.3) is 0 Å². The van der Waals surface area contributed by atoms with E-state index in [2.05, 4.69) is 32.6 Å². The first-order valence-electron chi connectivity index (χ1n) is 6.73. The zero-order valence-corrected chi connectivity index (χ0v) is 12.9. The van der Waals surface area contributed by atoms with Gasteiger partial charge in [-0.25, -0.2) is 0 Å². The summed E-state index contributed by atoms with van der Waals surface area (Å²) in [5.41, 5.74) is 2.06. The van der Waals surface area contributed by atoms with Crippen molar-refractivity contribution in [2.75, 3.05) is 0 Å². The molecule has 0 unspecified atom stereocenters. The topological polar surface area (TPSA) is 17.1 Å². The van der Waals surface area contributed by atoms with Crippen LogP contribution in [0, 0.1) is 17.3 Å². The molecule has 0 saturated carbocycles. The first-order valence-corrected chi connectivity index (χ1v) is 6.73. The SMILES string of the molecule is CC(C)(C)C#CCC(=O)c1ccc(C(C)(C)C)cc1. The maximum atomic E-state index is 12.0. The molecule has 0 fully saturated rings. The van der Waals surface area contributed by atoms with Crippen LogP contribution in [0.15, 0.2) is 24.3 Å². The van der Waals surface area contributed by atoms with Gasteiger partial charge in [0, 0.05) is 11.0 Å². The van der Waals surface area contributed by atoms with Crippen LogP contribution < -0.4 is 0 Å². The molecule has 0 aromatic heterocycles. The fraction of sp³-hybridized carbons (Fsp3) is 0.500. The van der Waals surface area contributed by atoms with E-state index in [4.69, 9.17) is 0 Å². The van der Waals surface area contributed by atoms with Gasteiger partial charge in [-0.05, 0) is 31.7 Å². The molecule has 0 saturated heterocycles. The molecule has 19 heavy (non-hydrogen) atoms. The van der Waals surface area contributed by atoms with Crippen molar-refractivity contribution in [3.05, 3.63) is 35.4 Å². The van der Waals surface area contributed by atoms with Crippen LogP contribution in [-0.2, 0) is 5.41 Å². The molecule has 1 heteroatoms. The van der Waals surface area contributed by atoms with E-state index < -0.39 is 0 Å². The Kier molecular flexibility index (Phi) is 4.58. The minimum Gasteiger partial charge on any atom is -0.293 e. The van der Waals surface area contributed by atoms with Crippen LogP contribution in [0.2, 0.25) is 0 Å². The molecule has 0 aliphatic rings. The number of hydrogen-bond donors (Lipinski definition) is 0. The van der Waals surface area contributed by atoms with Gasteiger partial charge in [0.15, 0.2) is 5.78 Å². The zero-order chi connectivity index (χ0) is 14.7. The Bertz CT molecular complexity index is 496. The molecule has 1 aromatic rings. The average Bonchev–Trinajstić information content (AvgIpc) is 2.26. The number of hydrogen-bond acceptors (Lipinski definition) is 1. The standard InChI is InChI=1S/C18H24O/c1-17(2,3)13-7-8-16(19)14-9-11-15(12-10-14)18(4,5)6/h9-12H,8H2,1-6H3. The number of carbonyl (C=O) groups excluding carboxylic acids is 1. The number of carbonyl (C=O) groups is 1. The van der Waals surface area contributed by atoms with Crippen molar-refractivity contribution in [2.24, 2.45) is 5.41 Å². The number of Topliss-reactive ketones (excluding diaryl/α,β-unsaturated/α-hetero) is 1. The first-order chi connectivity index (χ1) is 8.59. The smallest absolute Gasteiger partial charge is 0.174 e. The highest BCUT2D eigenvalue weighted by molar-refractivity contribution is 5.97. The third-order valence-electron chi connectivity index (χ3n) is 2.79.